The molecule has 4 rings (SSSR count). The Kier molecular flexibility index (Phi) is 5.48. The Labute approximate surface area is 168 Å². The fraction of sp³-hybridized carbons (Fsp3) is 0.182. The molecule has 2 heterocycles. The Bertz CT molecular complexity index is 1010. The Hall–Kier alpha value is -2.99. The number of nitrogens with zero attached hydrogens (tertiary/aromatic N) is 4. The molecule has 1 amide bonds. The van der Waals surface area contributed by atoms with Crippen molar-refractivity contribution >= 4 is 23.4 Å². The first-order valence-electron chi connectivity index (χ1n) is 9.16. The number of hydrazone groups is 1. The minimum Gasteiger partial charge on any atom is -0.272 e. The molecule has 0 fully saturated rings. The minimum absolute atomic E-state index is 0.0256. The van der Waals surface area contributed by atoms with Gasteiger partial charge in [-0.2, -0.15) is 5.10 Å². The summed E-state index contributed by atoms with van der Waals surface area (Å²) in [5.41, 5.74) is 4.82. The van der Waals surface area contributed by atoms with Crippen molar-refractivity contribution in [1.82, 2.24) is 15.0 Å². The first-order valence-corrected chi connectivity index (χ1v) is 10.1. The highest BCUT2D eigenvalue weighted by Gasteiger charge is 2.21. The van der Waals surface area contributed by atoms with Crippen molar-refractivity contribution in [2.75, 3.05) is 12.3 Å². The lowest BCUT2D eigenvalue weighted by atomic mass is 10.1. The van der Waals surface area contributed by atoms with Gasteiger partial charge in [0.1, 0.15) is 0 Å². The Morgan fingerprint density at radius 3 is 2.39 bits per heavy atom. The summed E-state index contributed by atoms with van der Waals surface area (Å²) in [7, 11) is 0. The Balaban J connectivity index is 1.43. The summed E-state index contributed by atoms with van der Waals surface area (Å²) in [6.07, 6.45) is 0.777. The van der Waals surface area contributed by atoms with Crippen LogP contribution in [0.1, 0.15) is 17.7 Å². The smallest absolute Gasteiger partial charge is 0.253 e. The Morgan fingerprint density at radius 2 is 1.68 bits per heavy atom. The van der Waals surface area contributed by atoms with Crippen LogP contribution in [0.25, 0.3) is 11.3 Å². The summed E-state index contributed by atoms with van der Waals surface area (Å²) in [6, 6.07) is 21.9. The third kappa shape index (κ3) is 4.28. The van der Waals surface area contributed by atoms with Crippen LogP contribution in [0.2, 0.25) is 0 Å². The summed E-state index contributed by atoms with van der Waals surface area (Å²) in [5, 5.41) is 6.67. The van der Waals surface area contributed by atoms with E-state index in [2.05, 4.69) is 15.1 Å². The van der Waals surface area contributed by atoms with Gasteiger partial charge in [0.15, 0.2) is 5.16 Å². The van der Waals surface area contributed by atoms with Gasteiger partial charge < -0.3 is 0 Å². The second kappa shape index (κ2) is 8.35. The molecule has 0 radical (unpaired) electrons. The van der Waals surface area contributed by atoms with Crippen molar-refractivity contribution in [2.45, 2.75) is 18.5 Å². The standard InChI is InChI=1S/C22H20N4OS/c1-16-14-20(18-10-6-3-7-11-18)24-22(23-16)28-15-21(27)26-13-12-19(25-26)17-8-4-2-5-9-17/h2-11,14H,12-13,15H2,1H3. The van der Waals surface area contributed by atoms with Gasteiger partial charge in [0.05, 0.1) is 23.7 Å². The van der Waals surface area contributed by atoms with E-state index >= 15 is 0 Å². The van der Waals surface area contributed by atoms with Gasteiger partial charge in [-0.1, -0.05) is 72.4 Å². The zero-order chi connectivity index (χ0) is 19.3. The number of benzene rings is 2. The summed E-state index contributed by atoms with van der Waals surface area (Å²) in [4.78, 5) is 21.7. The van der Waals surface area contributed by atoms with Crippen LogP contribution < -0.4 is 0 Å². The molecule has 0 atom stereocenters. The van der Waals surface area contributed by atoms with E-state index < -0.39 is 0 Å². The molecule has 0 aliphatic carbocycles. The van der Waals surface area contributed by atoms with Crippen LogP contribution in [-0.2, 0) is 4.79 Å². The third-order valence-electron chi connectivity index (χ3n) is 4.42. The van der Waals surface area contributed by atoms with Gasteiger partial charge in [-0.25, -0.2) is 15.0 Å². The zero-order valence-corrected chi connectivity index (χ0v) is 16.4. The maximum atomic E-state index is 12.6. The highest BCUT2D eigenvalue weighted by Crippen LogP contribution is 2.22. The van der Waals surface area contributed by atoms with E-state index in [4.69, 9.17) is 0 Å². The van der Waals surface area contributed by atoms with Gasteiger partial charge in [0, 0.05) is 17.7 Å². The van der Waals surface area contributed by atoms with Crippen molar-refractivity contribution < 1.29 is 4.79 Å². The van der Waals surface area contributed by atoms with Crippen LogP contribution in [0.15, 0.2) is 77.0 Å². The predicted molar refractivity (Wildman–Crippen MR) is 112 cm³/mol. The molecule has 1 aromatic heterocycles. The van der Waals surface area contributed by atoms with Gasteiger partial charge in [0.25, 0.3) is 5.91 Å². The molecule has 0 saturated carbocycles. The van der Waals surface area contributed by atoms with Crippen LogP contribution in [0.4, 0.5) is 0 Å². The number of thioether (sulfide) groups is 1. The van der Waals surface area contributed by atoms with Gasteiger partial charge in [-0.05, 0) is 18.6 Å². The van der Waals surface area contributed by atoms with E-state index in [0.717, 1.165) is 34.6 Å². The third-order valence-corrected chi connectivity index (χ3v) is 5.26. The number of amides is 1. The topological polar surface area (TPSA) is 58.5 Å². The maximum absolute atomic E-state index is 12.6. The molecular formula is C22H20N4OS. The van der Waals surface area contributed by atoms with E-state index in [1.807, 2.05) is 73.7 Å². The molecule has 140 valence electrons. The highest BCUT2D eigenvalue weighted by atomic mass is 32.2. The molecule has 2 aromatic carbocycles. The normalized spacial score (nSPS) is 13.5. The largest absolute Gasteiger partial charge is 0.272 e. The van der Waals surface area contributed by atoms with Crippen LogP contribution >= 0.6 is 11.8 Å². The van der Waals surface area contributed by atoms with Gasteiger partial charge in [-0.15, -0.1) is 0 Å². The van der Waals surface area contributed by atoms with Crippen molar-refractivity contribution in [3.63, 3.8) is 0 Å². The number of aryl methyl sites for hydroxylation is 1. The highest BCUT2D eigenvalue weighted by molar-refractivity contribution is 7.99. The molecule has 0 spiro atoms. The van der Waals surface area contributed by atoms with E-state index in [-0.39, 0.29) is 11.7 Å². The molecule has 0 N–H and O–H groups in total. The van der Waals surface area contributed by atoms with E-state index in [1.54, 1.807) is 5.01 Å². The second-order valence-corrected chi connectivity index (χ2v) is 7.45. The van der Waals surface area contributed by atoms with Crippen LogP contribution in [0, 0.1) is 6.92 Å². The maximum Gasteiger partial charge on any atom is 0.253 e. The molecule has 28 heavy (non-hydrogen) atoms. The summed E-state index contributed by atoms with van der Waals surface area (Å²) in [6.45, 7) is 2.56. The molecule has 0 saturated heterocycles. The first kappa shape index (κ1) is 18.4. The number of hydrogen-bond acceptors (Lipinski definition) is 5. The van der Waals surface area contributed by atoms with Gasteiger partial charge in [-0.3, -0.25) is 4.79 Å². The molecule has 5 nitrogen and oxygen atoms in total. The van der Waals surface area contributed by atoms with Crippen molar-refractivity contribution in [2.24, 2.45) is 5.10 Å². The van der Waals surface area contributed by atoms with Crippen LogP contribution in [0.5, 0.6) is 0 Å². The number of rotatable bonds is 5. The molecule has 0 unspecified atom stereocenters. The monoisotopic (exact) mass is 388 g/mol. The first-order chi connectivity index (χ1) is 13.7. The summed E-state index contributed by atoms with van der Waals surface area (Å²) >= 11 is 1.35. The number of carbonyl (C=O) groups is 1. The van der Waals surface area contributed by atoms with Gasteiger partial charge in [0.2, 0.25) is 0 Å². The quantitative estimate of drug-likeness (QED) is 0.486. The predicted octanol–water partition coefficient (Wildman–Crippen LogP) is 4.18. The lowest BCUT2D eigenvalue weighted by Gasteiger charge is -2.11. The summed E-state index contributed by atoms with van der Waals surface area (Å²) in [5.74, 6) is 0.241. The van der Waals surface area contributed by atoms with Crippen LogP contribution in [-0.4, -0.2) is 38.9 Å². The number of hydrogen-bond donors (Lipinski definition) is 0. The zero-order valence-electron chi connectivity index (χ0n) is 15.6. The fourth-order valence-electron chi connectivity index (χ4n) is 3.03. The van der Waals surface area contributed by atoms with Gasteiger partial charge >= 0.3 is 0 Å². The number of aromatic nitrogens is 2. The summed E-state index contributed by atoms with van der Waals surface area (Å²) < 4.78 is 0. The molecular weight excluding hydrogens is 368 g/mol. The second-order valence-electron chi connectivity index (χ2n) is 6.51. The molecule has 0 bridgehead atoms. The molecule has 1 aliphatic rings. The Morgan fingerprint density at radius 1 is 1.00 bits per heavy atom. The average molecular weight is 388 g/mol. The van der Waals surface area contributed by atoms with E-state index in [9.17, 15) is 4.79 Å². The van der Waals surface area contributed by atoms with Crippen molar-refractivity contribution in [1.29, 1.82) is 0 Å². The molecule has 6 heteroatoms. The fourth-order valence-corrected chi connectivity index (χ4v) is 3.81. The SMILES string of the molecule is Cc1cc(-c2ccccc2)nc(SCC(=O)N2CCC(c3ccccc3)=N2)n1. The van der Waals surface area contributed by atoms with E-state index in [1.165, 1.54) is 11.8 Å². The van der Waals surface area contributed by atoms with Crippen molar-refractivity contribution in [3.8, 4) is 11.3 Å². The average Bonchev–Trinajstić information content (AvgIpc) is 3.23. The van der Waals surface area contributed by atoms with Crippen molar-refractivity contribution in [3.05, 3.63) is 78.0 Å². The lowest BCUT2D eigenvalue weighted by Crippen LogP contribution is -2.25. The number of carbonyl (C=O) groups excluding carboxylic acids is 1. The molecule has 3 aromatic rings. The van der Waals surface area contributed by atoms with Crippen LogP contribution in [0.3, 0.4) is 0 Å². The minimum atomic E-state index is -0.0256. The molecule has 1 aliphatic heterocycles. The van der Waals surface area contributed by atoms with E-state index in [0.29, 0.717) is 11.7 Å². The lowest BCUT2D eigenvalue weighted by molar-refractivity contribution is -0.127.